The van der Waals surface area contributed by atoms with Crippen LogP contribution in [-0.2, 0) is 0 Å². The molecule has 0 fully saturated rings. The molecule has 0 aliphatic heterocycles. The molecule has 0 aliphatic carbocycles. The standard InChI is InChI=1S/C14H14ClNO2/c15-12-6-1-2-7-14(12)18-9-13(16)10-4-3-5-11(17)8-10/h1-8,13,17H,9,16H2. The number of ether oxygens (including phenoxy) is 1. The van der Waals surface area contributed by atoms with Gasteiger partial charge in [-0.05, 0) is 29.8 Å². The van der Waals surface area contributed by atoms with E-state index in [1.165, 1.54) is 0 Å². The molecule has 0 amide bonds. The minimum Gasteiger partial charge on any atom is -0.508 e. The quantitative estimate of drug-likeness (QED) is 0.891. The van der Waals surface area contributed by atoms with Gasteiger partial charge in [-0.15, -0.1) is 0 Å². The zero-order valence-electron chi connectivity index (χ0n) is 9.71. The number of phenolic OH excluding ortho intramolecular Hbond substituents is 1. The van der Waals surface area contributed by atoms with Crippen LogP contribution in [0, 0.1) is 0 Å². The van der Waals surface area contributed by atoms with Crippen molar-refractivity contribution in [2.75, 3.05) is 6.61 Å². The van der Waals surface area contributed by atoms with E-state index in [9.17, 15) is 5.11 Å². The fourth-order valence-corrected chi connectivity index (χ4v) is 1.78. The average molecular weight is 264 g/mol. The third-order valence-electron chi connectivity index (χ3n) is 2.55. The van der Waals surface area contributed by atoms with Crippen LogP contribution in [0.5, 0.6) is 11.5 Å². The third-order valence-corrected chi connectivity index (χ3v) is 2.87. The Morgan fingerprint density at radius 3 is 2.67 bits per heavy atom. The van der Waals surface area contributed by atoms with E-state index >= 15 is 0 Å². The van der Waals surface area contributed by atoms with Gasteiger partial charge in [0, 0.05) is 0 Å². The highest BCUT2D eigenvalue weighted by Gasteiger charge is 2.08. The second kappa shape index (κ2) is 5.76. The molecule has 2 aromatic rings. The Balaban J connectivity index is 2.00. The van der Waals surface area contributed by atoms with Crippen LogP contribution < -0.4 is 10.5 Å². The topological polar surface area (TPSA) is 55.5 Å². The molecule has 3 nitrogen and oxygen atoms in total. The number of phenols is 1. The fourth-order valence-electron chi connectivity index (χ4n) is 1.59. The van der Waals surface area contributed by atoms with Crippen LogP contribution in [0.2, 0.25) is 5.02 Å². The van der Waals surface area contributed by atoms with Crippen molar-refractivity contribution in [1.82, 2.24) is 0 Å². The Morgan fingerprint density at radius 1 is 1.17 bits per heavy atom. The Labute approximate surface area is 111 Å². The predicted octanol–water partition coefficient (Wildman–Crippen LogP) is 3.12. The van der Waals surface area contributed by atoms with Crippen LogP contribution in [-0.4, -0.2) is 11.7 Å². The van der Waals surface area contributed by atoms with E-state index in [-0.39, 0.29) is 11.8 Å². The van der Waals surface area contributed by atoms with E-state index in [0.717, 1.165) is 5.56 Å². The number of para-hydroxylation sites is 1. The maximum absolute atomic E-state index is 9.37. The van der Waals surface area contributed by atoms with Gasteiger partial charge in [-0.1, -0.05) is 35.9 Å². The van der Waals surface area contributed by atoms with Crippen molar-refractivity contribution in [3.8, 4) is 11.5 Å². The lowest BCUT2D eigenvalue weighted by molar-refractivity contribution is 0.290. The van der Waals surface area contributed by atoms with E-state index in [1.54, 1.807) is 30.3 Å². The highest BCUT2D eigenvalue weighted by Crippen LogP contribution is 2.24. The summed E-state index contributed by atoms with van der Waals surface area (Å²) in [5.41, 5.74) is 6.80. The van der Waals surface area contributed by atoms with E-state index in [2.05, 4.69) is 0 Å². The second-order valence-corrected chi connectivity index (χ2v) is 4.35. The Bertz CT molecular complexity index is 531. The summed E-state index contributed by atoms with van der Waals surface area (Å²) in [6.45, 7) is 0.299. The zero-order valence-corrected chi connectivity index (χ0v) is 10.5. The number of aromatic hydroxyl groups is 1. The summed E-state index contributed by atoms with van der Waals surface area (Å²) in [6.07, 6.45) is 0. The van der Waals surface area contributed by atoms with Crippen LogP contribution in [0.3, 0.4) is 0 Å². The molecule has 0 saturated carbocycles. The van der Waals surface area contributed by atoms with Crippen molar-refractivity contribution in [2.24, 2.45) is 5.73 Å². The molecule has 18 heavy (non-hydrogen) atoms. The third kappa shape index (κ3) is 3.15. The van der Waals surface area contributed by atoms with E-state index in [0.29, 0.717) is 17.4 Å². The fraction of sp³-hybridized carbons (Fsp3) is 0.143. The van der Waals surface area contributed by atoms with Gasteiger partial charge in [0.2, 0.25) is 0 Å². The second-order valence-electron chi connectivity index (χ2n) is 3.94. The molecule has 0 spiro atoms. The maximum atomic E-state index is 9.37. The van der Waals surface area contributed by atoms with E-state index in [1.807, 2.05) is 18.2 Å². The predicted molar refractivity (Wildman–Crippen MR) is 72.0 cm³/mol. The van der Waals surface area contributed by atoms with Crippen molar-refractivity contribution in [2.45, 2.75) is 6.04 Å². The lowest BCUT2D eigenvalue weighted by atomic mass is 10.1. The van der Waals surface area contributed by atoms with Gasteiger partial charge in [-0.2, -0.15) is 0 Å². The molecule has 2 rings (SSSR count). The summed E-state index contributed by atoms with van der Waals surface area (Å²) < 4.78 is 5.55. The minimum atomic E-state index is -0.312. The van der Waals surface area contributed by atoms with Crippen LogP contribution in [0.15, 0.2) is 48.5 Å². The summed E-state index contributed by atoms with van der Waals surface area (Å²) in [5, 5.41) is 9.93. The van der Waals surface area contributed by atoms with Gasteiger partial charge in [-0.3, -0.25) is 0 Å². The summed E-state index contributed by atoms with van der Waals surface area (Å²) in [4.78, 5) is 0. The SMILES string of the molecule is NC(COc1ccccc1Cl)c1cccc(O)c1. The number of hydrogen-bond donors (Lipinski definition) is 2. The highest BCUT2D eigenvalue weighted by atomic mass is 35.5. The summed E-state index contributed by atoms with van der Waals surface area (Å²) >= 11 is 5.97. The molecule has 0 saturated heterocycles. The van der Waals surface area contributed by atoms with Crippen LogP contribution >= 0.6 is 11.6 Å². The molecule has 0 aromatic heterocycles. The molecular weight excluding hydrogens is 250 g/mol. The highest BCUT2D eigenvalue weighted by molar-refractivity contribution is 6.32. The van der Waals surface area contributed by atoms with E-state index in [4.69, 9.17) is 22.1 Å². The first-order valence-corrected chi connectivity index (χ1v) is 5.96. The van der Waals surface area contributed by atoms with Crippen molar-refractivity contribution in [3.05, 3.63) is 59.1 Å². The Hall–Kier alpha value is -1.71. The van der Waals surface area contributed by atoms with Gasteiger partial charge in [0.25, 0.3) is 0 Å². The lowest BCUT2D eigenvalue weighted by Crippen LogP contribution is -2.18. The summed E-state index contributed by atoms with van der Waals surface area (Å²) in [5.74, 6) is 0.801. The van der Waals surface area contributed by atoms with Crippen molar-refractivity contribution >= 4 is 11.6 Å². The molecule has 94 valence electrons. The molecule has 4 heteroatoms. The largest absolute Gasteiger partial charge is 0.508 e. The molecule has 3 N–H and O–H groups in total. The first-order valence-electron chi connectivity index (χ1n) is 5.58. The Morgan fingerprint density at radius 2 is 1.94 bits per heavy atom. The molecule has 1 unspecified atom stereocenters. The van der Waals surface area contributed by atoms with Crippen LogP contribution in [0.25, 0.3) is 0 Å². The molecule has 0 aliphatic rings. The van der Waals surface area contributed by atoms with Crippen LogP contribution in [0.4, 0.5) is 0 Å². The first-order chi connectivity index (χ1) is 8.66. The zero-order chi connectivity index (χ0) is 13.0. The van der Waals surface area contributed by atoms with Gasteiger partial charge in [0.05, 0.1) is 11.1 Å². The average Bonchev–Trinajstić information content (AvgIpc) is 2.37. The van der Waals surface area contributed by atoms with Gasteiger partial charge in [-0.25, -0.2) is 0 Å². The summed E-state index contributed by atoms with van der Waals surface area (Å²) in [6, 6.07) is 13.7. The normalized spacial score (nSPS) is 12.1. The monoisotopic (exact) mass is 263 g/mol. The molecule has 0 heterocycles. The molecule has 0 radical (unpaired) electrons. The van der Waals surface area contributed by atoms with Crippen molar-refractivity contribution < 1.29 is 9.84 Å². The minimum absolute atomic E-state index is 0.195. The van der Waals surface area contributed by atoms with Gasteiger partial charge >= 0.3 is 0 Å². The molecule has 2 aromatic carbocycles. The first kappa shape index (κ1) is 12.7. The number of benzene rings is 2. The van der Waals surface area contributed by atoms with Crippen molar-refractivity contribution in [1.29, 1.82) is 0 Å². The lowest BCUT2D eigenvalue weighted by Gasteiger charge is -2.14. The smallest absolute Gasteiger partial charge is 0.137 e. The number of hydrogen-bond acceptors (Lipinski definition) is 3. The van der Waals surface area contributed by atoms with Crippen LogP contribution in [0.1, 0.15) is 11.6 Å². The number of halogens is 1. The number of nitrogens with two attached hydrogens (primary N) is 1. The van der Waals surface area contributed by atoms with Crippen molar-refractivity contribution in [3.63, 3.8) is 0 Å². The molecule has 0 bridgehead atoms. The van der Waals surface area contributed by atoms with Gasteiger partial charge in [0.15, 0.2) is 0 Å². The van der Waals surface area contributed by atoms with Gasteiger partial charge < -0.3 is 15.6 Å². The summed E-state index contributed by atoms with van der Waals surface area (Å²) in [7, 11) is 0. The maximum Gasteiger partial charge on any atom is 0.137 e. The number of rotatable bonds is 4. The molecular formula is C14H14ClNO2. The van der Waals surface area contributed by atoms with E-state index < -0.39 is 0 Å². The molecule has 1 atom stereocenters. The Kier molecular flexibility index (Phi) is 4.07. The van der Waals surface area contributed by atoms with Gasteiger partial charge in [0.1, 0.15) is 18.1 Å².